The van der Waals surface area contributed by atoms with E-state index in [-0.39, 0.29) is 72.5 Å². The number of hydrogen-bond donors (Lipinski definition) is 2. The second-order valence-corrected chi connectivity index (χ2v) is 7.36. The number of carboxylic acids is 1. The summed E-state index contributed by atoms with van der Waals surface area (Å²) in [6.45, 7) is 2.11. The predicted octanol–water partition coefficient (Wildman–Crippen LogP) is -0.974. The molecule has 2 rings (SSSR count). The molecule has 6 atom stereocenters. The van der Waals surface area contributed by atoms with E-state index < -0.39 is 24.3 Å². The number of carbonyl (C=O) groups is 1. The molecule has 0 aromatic carbocycles. The van der Waals surface area contributed by atoms with Gasteiger partial charge in [0.05, 0.1) is 12.2 Å². The van der Waals surface area contributed by atoms with Gasteiger partial charge in [0.2, 0.25) is 0 Å². The number of aliphatic carboxylic acids is 1. The van der Waals surface area contributed by atoms with Crippen molar-refractivity contribution < 1.29 is 58.8 Å². The summed E-state index contributed by atoms with van der Waals surface area (Å²) in [5, 5.41) is 30.7. The van der Waals surface area contributed by atoms with Gasteiger partial charge in [0.1, 0.15) is 11.9 Å². The average molecular weight is 392 g/mol. The van der Waals surface area contributed by atoms with Crippen molar-refractivity contribution >= 4 is 5.97 Å². The van der Waals surface area contributed by atoms with Crippen molar-refractivity contribution in [2.75, 3.05) is 0 Å². The molecular formula is C20H30FNaO5. The Kier molecular flexibility index (Phi) is 11.2. The number of hydrogen-bond acceptors (Lipinski definition) is 5. The molecule has 0 aromatic rings. The van der Waals surface area contributed by atoms with Gasteiger partial charge in [-0.2, -0.15) is 0 Å². The summed E-state index contributed by atoms with van der Waals surface area (Å²) < 4.78 is 19.9. The number of aliphatic hydroxyl groups excluding tert-OH is 2. The Morgan fingerprint density at radius 2 is 2.15 bits per heavy atom. The van der Waals surface area contributed by atoms with Gasteiger partial charge in [-0.15, -0.1) is 0 Å². The van der Waals surface area contributed by atoms with Crippen molar-refractivity contribution in [1.82, 2.24) is 0 Å². The number of fused-ring (bicyclic) bond motifs is 1. The SMILES string of the molecule is CCCCCC(O)C=CC1C(O)CC2OC(C(F)CCCC(=O)[O-])=CC21.[Na+]. The van der Waals surface area contributed by atoms with E-state index in [1.54, 1.807) is 12.2 Å². The maximum absolute atomic E-state index is 14.2. The molecule has 27 heavy (non-hydrogen) atoms. The van der Waals surface area contributed by atoms with Crippen LogP contribution in [-0.4, -0.2) is 40.7 Å². The number of aliphatic hydroxyl groups is 2. The maximum Gasteiger partial charge on any atom is 1.00 e. The molecule has 0 amide bonds. The summed E-state index contributed by atoms with van der Waals surface area (Å²) in [6, 6.07) is 0. The number of halogens is 1. The summed E-state index contributed by atoms with van der Waals surface area (Å²) in [4.78, 5) is 10.4. The molecule has 2 N–H and O–H groups in total. The van der Waals surface area contributed by atoms with Gasteiger partial charge in [0, 0.05) is 24.2 Å². The van der Waals surface area contributed by atoms with Crippen molar-refractivity contribution in [2.24, 2.45) is 11.8 Å². The average Bonchev–Trinajstić information content (AvgIpc) is 3.10. The molecule has 0 radical (unpaired) electrons. The number of alkyl halides is 1. The smallest absolute Gasteiger partial charge is 0.550 e. The zero-order chi connectivity index (χ0) is 19.1. The number of allylic oxidation sites excluding steroid dienone is 1. The van der Waals surface area contributed by atoms with Crippen LogP contribution in [0.3, 0.4) is 0 Å². The van der Waals surface area contributed by atoms with Crippen LogP contribution in [0.1, 0.15) is 58.3 Å². The standard InChI is InChI=1S/C20H31FO5.Na/c1-2-3-4-6-13(22)9-10-14-15-11-19(26-18(15)12-17(14)23)16(21)7-5-8-20(24)25;/h9-11,13-18,22-23H,2-8,12H2,1H3,(H,24,25);/q;+1/p-1. The Bertz CT molecular complexity index is 525. The van der Waals surface area contributed by atoms with Crippen molar-refractivity contribution in [3.05, 3.63) is 24.0 Å². The zero-order valence-corrected chi connectivity index (χ0v) is 18.4. The van der Waals surface area contributed by atoms with Crippen LogP contribution in [0.25, 0.3) is 0 Å². The number of carboxylic acid groups (broad SMARTS) is 1. The second-order valence-electron chi connectivity index (χ2n) is 7.36. The van der Waals surface area contributed by atoms with Gasteiger partial charge in [0.25, 0.3) is 0 Å². The Morgan fingerprint density at radius 3 is 2.81 bits per heavy atom. The molecule has 2 aliphatic rings. The Hall–Kier alpha value is -0.400. The van der Waals surface area contributed by atoms with Crippen LogP contribution >= 0.6 is 0 Å². The van der Waals surface area contributed by atoms with Crippen molar-refractivity contribution in [3.63, 3.8) is 0 Å². The van der Waals surface area contributed by atoms with Gasteiger partial charge in [0.15, 0.2) is 6.17 Å². The first-order valence-electron chi connectivity index (χ1n) is 9.69. The quantitative estimate of drug-likeness (QED) is 0.268. The van der Waals surface area contributed by atoms with Gasteiger partial charge in [-0.3, -0.25) is 0 Å². The number of carbonyl (C=O) groups excluding carboxylic acids is 1. The Morgan fingerprint density at radius 1 is 1.41 bits per heavy atom. The van der Waals surface area contributed by atoms with E-state index in [4.69, 9.17) is 4.74 Å². The largest absolute Gasteiger partial charge is 1.00 e. The van der Waals surface area contributed by atoms with Crippen LogP contribution < -0.4 is 34.7 Å². The van der Waals surface area contributed by atoms with Crippen LogP contribution in [0.2, 0.25) is 0 Å². The molecule has 7 heteroatoms. The van der Waals surface area contributed by atoms with E-state index in [9.17, 15) is 24.5 Å². The predicted molar refractivity (Wildman–Crippen MR) is 93.6 cm³/mol. The first kappa shape index (κ1) is 24.6. The Balaban J connectivity index is 0.00000364. The summed E-state index contributed by atoms with van der Waals surface area (Å²) >= 11 is 0. The topological polar surface area (TPSA) is 89.8 Å². The first-order chi connectivity index (χ1) is 12.4. The fourth-order valence-corrected chi connectivity index (χ4v) is 3.76. The molecule has 148 valence electrons. The number of ether oxygens (including phenoxy) is 1. The van der Waals surface area contributed by atoms with Gasteiger partial charge < -0.3 is 24.9 Å². The maximum atomic E-state index is 14.2. The molecule has 1 heterocycles. The van der Waals surface area contributed by atoms with Crippen molar-refractivity contribution in [3.8, 4) is 0 Å². The van der Waals surface area contributed by atoms with E-state index >= 15 is 0 Å². The van der Waals surface area contributed by atoms with Gasteiger partial charge in [-0.1, -0.05) is 38.3 Å². The van der Waals surface area contributed by atoms with Gasteiger partial charge >= 0.3 is 29.6 Å². The minimum atomic E-state index is -1.33. The molecule has 1 fully saturated rings. The molecule has 0 bridgehead atoms. The summed E-state index contributed by atoms with van der Waals surface area (Å²) in [7, 11) is 0. The molecule has 1 aliphatic carbocycles. The van der Waals surface area contributed by atoms with Crippen LogP contribution in [0.5, 0.6) is 0 Å². The van der Waals surface area contributed by atoms with Crippen LogP contribution in [-0.2, 0) is 9.53 Å². The molecule has 0 aromatic heterocycles. The Labute approximate surface area is 183 Å². The van der Waals surface area contributed by atoms with Crippen LogP contribution in [0.15, 0.2) is 24.0 Å². The first-order valence-corrected chi connectivity index (χ1v) is 9.69. The summed E-state index contributed by atoms with van der Waals surface area (Å²) in [6.07, 6.45) is 6.98. The molecule has 6 unspecified atom stereocenters. The molecule has 1 saturated carbocycles. The van der Waals surface area contributed by atoms with Crippen LogP contribution in [0.4, 0.5) is 4.39 Å². The third-order valence-electron chi connectivity index (χ3n) is 5.24. The molecule has 0 spiro atoms. The van der Waals surface area contributed by atoms with Crippen molar-refractivity contribution in [1.29, 1.82) is 0 Å². The minimum Gasteiger partial charge on any atom is -0.550 e. The van der Waals surface area contributed by atoms with E-state index in [0.717, 1.165) is 19.3 Å². The normalized spacial score (nSPS) is 29.0. The monoisotopic (exact) mass is 392 g/mol. The fraction of sp³-hybridized carbons (Fsp3) is 0.750. The fourth-order valence-electron chi connectivity index (χ4n) is 3.76. The van der Waals surface area contributed by atoms with Gasteiger partial charge in [-0.05, 0) is 31.8 Å². The van der Waals surface area contributed by atoms with E-state index in [1.807, 2.05) is 6.08 Å². The van der Waals surface area contributed by atoms with E-state index in [1.165, 1.54) is 0 Å². The summed E-state index contributed by atoms with van der Waals surface area (Å²) in [5.74, 6) is -1.25. The molecule has 5 nitrogen and oxygen atoms in total. The second kappa shape index (κ2) is 12.2. The van der Waals surface area contributed by atoms with Crippen LogP contribution in [0, 0.1) is 11.8 Å². The van der Waals surface area contributed by atoms with Crippen molar-refractivity contribution in [2.45, 2.75) is 82.8 Å². The van der Waals surface area contributed by atoms with E-state index in [0.29, 0.717) is 12.8 Å². The minimum absolute atomic E-state index is 0. The molecule has 0 saturated heterocycles. The number of unbranched alkanes of at least 4 members (excludes halogenated alkanes) is 2. The third kappa shape index (κ3) is 7.50. The zero-order valence-electron chi connectivity index (χ0n) is 16.4. The third-order valence-corrected chi connectivity index (χ3v) is 5.24. The number of rotatable bonds is 11. The van der Waals surface area contributed by atoms with Gasteiger partial charge in [-0.25, -0.2) is 4.39 Å². The molecule has 1 aliphatic heterocycles. The molecular weight excluding hydrogens is 362 g/mol. The van der Waals surface area contributed by atoms with E-state index in [2.05, 4.69) is 6.92 Å². The summed E-state index contributed by atoms with van der Waals surface area (Å²) in [5.41, 5.74) is 0.